The monoisotopic (exact) mass is 599 g/mol. The average molecular weight is 600 g/mol. The van der Waals surface area contributed by atoms with E-state index in [1.807, 2.05) is 78.9 Å². The van der Waals surface area contributed by atoms with Crippen molar-refractivity contribution in [1.82, 2.24) is 14.5 Å². The highest BCUT2D eigenvalue weighted by Crippen LogP contribution is 2.51. The first-order chi connectivity index (χ1) is 24.6. The van der Waals surface area contributed by atoms with Gasteiger partial charge in [-0.3, -0.25) is 0 Å². The lowest BCUT2D eigenvalue weighted by Crippen LogP contribution is -2.26. The van der Waals surface area contributed by atoms with Crippen molar-refractivity contribution in [3.63, 3.8) is 0 Å². The van der Waals surface area contributed by atoms with Gasteiger partial charge in [-0.1, -0.05) is 111 Å². The highest BCUT2D eigenvalue weighted by atomic mass is 32.1. The number of aromatic nitrogens is 3. The third-order valence-electron chi connectivity index (χ3n) is 9.26. The molecule has 1 aliphatic heterocycles. The molecule has 3 aromatic heterocycles. The van der Waals surface area contributed by atoms with Gasteiger partial charge in [0.2, 0.25) is 0 Å². The summed E-state index contributed by atoms with van der Waals surface area (Å²) in [7, 11) is 0. The third kappa shape index (κ3) is 3.35. The zero-order chi connectivity index (χ0) is 34.9. The molecule has 1 aliphatic rings. The lowest BCUT2D eigenvalue weighted by molar-refractivity contribution is 0.630. The smallest absolute Gasteiger partial charge is 0.160 e. The van der Waals surface area contributed by atoms with Gasteiger partial charge in [0.1, 0.15) is 4.83 Å². The van der Waals surface area contributed by atoms with Crippen LogP contribution in [0.5, 0.6) is 0 Å². The molecule has 0 radical (unpaired) electrons. The van der Waals surface area contributed by atoms with Gasteiger partial charge in [-0.05, 0) is 52.2 Å². The Hall–Kier alpha value is -5.32. The largest absolute Gasteiger partial charge is 0.300 e. The molecular weight excluding hydrogens is 567 g/mol. The Labute approximate surface area is 272 Å². The lowest BCUT2D eigenvalue weighted by Gasteiger charge is -2.35. The first-order valence-corrected chi connectivity index (χ1v) is 15.7. The summed E-state index contributed by atoms with van der Waals surface area (Å²) in [5.41, 5.74) is 2.26. The second kappa shape index (κ2) is 8.87. The van der Waals surface area contributed by atoms with Crippen molar-refractivity contribution in [2.75, 3.05) is 0 Å². The molecule has 9 aromatic rings. The Morgan fingerprint density at radius 2 is 1.42 bits per heavy atom. The minimum Gasteiger partial charge on any atom is -0.300 e. The molecule has 0 N–H and O–H groups in total. The molecule has 10 rings (SSSR count). The minimum absolute atomic E-state index is 0.207. The van der Waals surface area contributed by atoms with Crippen LogP contribution in [0.2, 0.25) is 0 Å². The average Bonchev–Trinajstić information content (AvgIpc) is 3.66. The van der Waals surface area contributed by atoms with Gasteiger partial charge in [0.15, 0.2) is 5.82 Å². The van der Waals surface area contributed by atoms with Crippen LogP contribution in [0.25, 0.3) is 81.2 Å². The van der Waals surface area contributed by atoms with Gasteiger partial charge in [0.05, 0.1) is 22.4 Å². The van der Waals surface area contributed by atoms with Gasteiger partial charge in [0, 0.05) is 51.0 Å². The topological polar surface area (TPSA) is 30.7 Å². The number of benzene rings is 6. The highest BCUT2D eigenvalue weighted by Gasteiger charge is 2.36. The summed E-state index contributed by atoms with van der Waals surface area (Å²) in [5.74, 6) is 0.382. The highest BCUT2D eigenvalue weighted by molar-refractivity contribution is 7.25. The SMILES string of the molecule is [2H]C([2H])([2H])C1(C([2H])([2H])[2H])c2cc(-c3nc(-c4cccc5ccccc45)c4ccccc4n3)ccc2-n2c3sc4ccccc4c3c3cccc1c32. The van der Waals surface area contributed by atoms with Gasteiger partial charge >= 0.3 is 0 Å². The van der Waals surface area contributed by atoms with E-state index in [2.05, 4.69) is 34.9 Å². The predicted molar refractivity (Wildman–Crippen MR) is 190 cm³/mol. The van der Waals surface area contributed by atoms with Crippen molar-refractivity contribution in [3.8, 4) is 28.3 Å². The number of nitrogens with zero attached hydrogens (tertiary/aromatic N) is 3. The van der Waals surface area contributed by atoms with Crippen LogP contribution in [-0.4, -0.2) is 14.5 Å². The van der Waals surface area contributed by atoms with Crippen molar-refractivity contribution < 1.29 is 8.22 Å². The fourth-order valence-electron chi connectivity index (χ4n) is 7.23. The molecule has 0 amide bonds. The Morgan fingerprint density at radius 3 is 2.33 bits per heavy atom. The molecule has 0 atom stereocenters. The third-order valence-corrected chi connectivity index (χ3v) is 10.4. The van der Waals surface area contributed by atoms with Crippen LogP contribution in [0.15, 0.2) is 127 Å². The molecule has 0 saturated heterocycles. The molecule has 3 nitrogen and oxygen atoms in total. The van der Waals surface area contributed by atoms with Crippen LogP contribution >= 0.6 is 11.3 Å². The first kappa shape index (κ1) is 19.9. The van der Waals surface area contributed by atoms with Crippen molar-refractivity contribution in [2.45, 2.75) is 19.1 Å². The Bertz CT molecular complexity index is 2900. The molecular formula is C41H27N3S. The summed E-state index contributed by atoms with van der Waals surface area (Å²) in [6.07, 6.45) is 0. The first-order valence-electron chi connectivity index (χ1n) is 17.9. The number of hydrogen-bond acceptors (Lipinski definition) is 3. The molecule has 4 heterocycles. The number of thiophene rings is 1. The van der Waals surface area contributed by atoms with Crippen LogP contribution in [0.1, 0.15) is 33.1 Å². The van der Waals surface area contributed by atoms with E-state index in [1.165, 1.54) is 0 Å². The maximum atomic E-state index is 9.04. The van der Waals surface area contributed by atoms with Crippen LogP contribution < -0.4 is 0 Å². The Kier molecular flexibility index (Phi) is 3.91. The summed E-state index contributed by atoms with van der Waals surface area (Å²) in [6.45, 7) is -5.88. The van der Waals surface area contributed by atoms with E-state index in [9.17, 15) is 0 Å². The fourth-order valence-corrected chi connectivity index (χ4v) is 8.47. The van der Waals surface area contributed by atoms with Gasteiger partial charge < -0.3 is 4.57 Å². The zero-order valence-corrected chi connectivity index (χ0v) is 24.7. The molecule has 4 heteroatoms. The summed E-state index contributed by atoms with van der Waals surface area (Å²) < 4.78 is 57.4. The molecule has 0 aliphatic carbocycles. The summed E-state index contributed by atoms with van der Waals surface area (Å²) >= 11 is 1.62. The minimum atomic E-state index is -2.94. The zero-order valence-electron chi connectivity index (χ0n) is 29.9. The van der Waals surface area contributed by atoms with E-state index in [1.54, 1.807) is 29.5 Å². The molecule has 0 saturated carbocycles. The summed E-state index contributed by atoms with van der Waals surface area (Å²) in [6, 6.07) is 41.2. The molecule has 45 heavy (non-hydrogen) atoms. The van der Waals surface area contributed by atoms with Crippen molar-refractivity contribution >= 4 is 64.2 Å². The van der Waals surface area contributed by atoms with E-state index >= 15 is 0 Å². The molecule has 0 fully saturated rings. The van der Waals surface area contributed by atoms with Gasteiger partial charge in [-0.2, -0.15) is 0 Å². The van der Waals surface area contributed by atoms with E-state index in [4.69, 9.17) is 18.2 Å². The second-order valence-electron chi connectivity index (χ2n) is 11.7. The van der Waals surface area contributed by atoms with Crippen LogP contribution in [0.3, 0.4) is 0 Å². The van der Waals surface area contributed by atoms with Crippen molar-refractivity contribution in [3.05, 3.63) is 139 Å². The van der Waals surface area contributed by atoms with Gasteiger partial charge in [0.25, 0.3) is 0 Å². The van der Waals surface area contributed by atoms with Gasteiger partial charge in [-0.15, -0.1) is 11.3 Å². The lowest BCUT2D eigenvalue weighted by atomic mass is 9.74. The van der Waals surface area contributed by atoms with Crippen molar-refractivity contribution in [1.29, 1.82) is 0 Å². The number of rotatable bonds is 2. The molecule has 0 unspecified atom stereocenters. The van der Waals surface area contributed by atoms with Gasteiger partial charge in [-0.25, -0.2) is 9.97 Å². The van der Waals surface area contributed by atoms with E-state index in [-0.39, 0.29) is 11.1 Å². The van der Waals surface area contributed by atoms with Crippen molar-refractivity contribution in [2.24, 2.45) is 0 Å². The summed E-state index contributed by atoms with van der Waals surface area (Å²) in [4.78, 5) is 11.1. The van der Waals surface area contributed by atoms with E-state index < -0.39 is 19.1 Å². The number of hydrogen-bond donors (Lipinski definition) is 0. The maximum absolute atomic E-state index is 9.04. The Morgan fingerprint density at radius 1 is 0.667 bits per heavy atom. The standard InChI is InChI=1S/C41H27N3S/c1-41(2)31-18-10-17-30-36-29-15-6-8-20-35(29)45-40(36)44(38(30)31)34-22-21-25(23-32(34)41)39-42-33-19-7-5-14-28(33)37(43-39)27-16-9-12-24-11-3-4-13-26(24)27/h3-23H,1-2H3/i1D3,2D3. The quantitative estimate of drug-likeness (QED) is 0.198. The van der Waals surface area contributed by atoms with Crippen LogP contribution in [0, 0.1) is 0 Å². The molecule has 212 valence electrons. The molecule has 0 bridgehead atoms. The fraction of sp³-hybridized carbons (Fsp3) is 0.0732. The van der Waals surface area contributed by atoms with E-state index in [0.29, 0.717) is 22.6 Å². The molecule has 0 spiro atoms. The maximum Gasteiger partial charge on any atom is 0.160 e. The number of fused-ring (bicyclic) bond motifs is 9. The number of para-hydroxylation sites is 2. The molecule has 6 aromatic carbocycles. The van der Waals surface area contributed by atoms with Crippen LogP contribution in [-0.2, 0) is 5.41 Å². The Balaban J connectivity index is 1.32. The summed E-state index contributed by atoms with van der Waals surface area (Å²) in [5, 5.41) is 5.89. The normalized spacial score (nSPS) is 16.3. The second-order valence-corrected chi connectivity index (χ2v) is 12.8. The van der Waals surface area contributed by atoms with Crippen LogP contribution in [0.4, 0.5) is 0 Å². The predicted octanol–water partition coefficient (Wildman–Crippen LogP) is 11.1. The van der Waals surface area contributed by atoms with E-state index in [0.717, 1.165) is 58.6 Å².